The normalized spacial score (nSPS) is 22.4. The van der Waals surface area contributed by atoms with Gasteiger partial charge in [0.05, 0.1) is 5.39 Å². The molecular formula is C26H25N5OS. The van der Waals surface area contributed by atoms with E-state index in [1.54, 1.807) is 17.5 Å². The summed E-state index contributed by atoms with van der Waals surface area (Å²) in [4.78, 5) is 30.3. The van der Waals surface area contributed by atoms with Gasteiger partial charge in [0.25, 0.3) is 0 Å². The van der Waals surface area contributed by atoms with Gasteiger partial charge in [0, 0.05) is 23.2 Å². The molecule has 7 heteroatoms. The van der Waals surface area contributed by atoms with Gasteiger partial charge in [0.1, 0.15) is 22.4 Å². The molecule has 4 aromatic rings. The highest BCUT2D eigenvalue weighted by molar-refractivity contribution is 7.17. The van der Waals surface area contributed by atoms with Crippen molar-refractivity contribution < 1.29 is 4.79 Å². The Kier molecular flexibility index (Phi) is 5.06. The number of amides is 1. The highest BCUT2D eigenvalue weighted by Crippen LogP contribution is 2.46. The van der Waals surface area contributed by atoms with E-state index in [1.807, 2.05) is 36.4 Å². The number of primary amides is 1. The van der Waals surface area contributed by atoms with E-state index in [1.165, 1.54) is 12.8 Å². The van der Waals surface area contributed by atoms with Gasteiger partial charge in [-0.2, -0.15) is 0 Å². The van der Waals surface area contributed by atoms with Crippen molar-refractivity contribution in [2.45, 2.75) is 44.2 Å². The molecule has 3 atom stereocenters. The summed E-state index contributed by atoms with van der Waals surface area (Å²) in [6.45, 7) is 0. The van der Waals surface area contributed by atoms with Crippen LogP contribution in [0.4, 0.5) is 5.82 Å². The number of carbonyl (C=O) groups is 1. The van der Waals surface area contributed by atoms with Crippen molar-refractivity contribution in [1.82, 2.24) is 15.0 Å². The summed E-state index contributed by atoms with van der Waals surface area (Å²) < 4.78 is 0. The van der Waals surface area contributed by atoms with Crippen molar-refractivity contribution in [1.29, 1.82) is 0 Å². The number of fused-ring (bicyclic) bond motifs is 2. The Morgan fingerprint density at radius 1 is 1.03 bits per heavy atom. The fraction of sp³-hybridized carbons (Fsp3) is 0.308. The molecule has 3 aromatic heterocycles. The lowest BCUT2D eigenvalue weighted by atomic mass is 9.84. The van der Waals surface area contributed by atoms with Crippen LogP contribution in [0.25, 0.3) is 32.9 Å². The number of benzene rings is 1. The van der Waals surface area contributed by atoms with Gasteiger partial charge in [0.15, 0.2) is 5.82 Å². The summed E-state index contributed by atoms with van der Waals surface area (Å²) in [5, 5.41) is 3.15. The summed E-state index contributed by atoms with van der Waals surface area (Å²) >= 11 is 1.61. The Hall–Kier alpha value is -3.32. The number of rotatable bonds is 4. The second kappa shape index (κ2) is 8.23. The van der Waals surface area contributed by atoms with E-state index in [0.717, 1.165) is 52.1 Å². The molecule has 166 valence electrons. The van der Waals surface area contributed by atoms with Crippen molar-refractivity contribution in [2.75, 3.05) is 4.90 Å². The third kappa shape index (κ3) is 3.47. The molecule has 1 aromatic carbocycles. The molecule has 2 aliphatic rings. The number of thiophene rings is 1. The number of nitrogens with two attached hydrogens (primary N) is 1. The van der Waals surface area contributed by atoms with Crippen LogP contribution in [-0.2, 0) is 4.79 Å². The number of pyridine rings is 1. The molecule has 2 N–H and O–H groups in total. The van der Waals surface area contributed by atoms with Gasteiger partial charge in [-0.1, -0.05) is 49.2 Å². The van der Waals surface area contributed by atoms with Crippen molar-refractivity contribution in [3.63, 3.8) is 0 Å². The molecular weight excluding hydrogens is 430 g/mol. The van der Waals surface area contributed by atoms with Crippen molar-refractivity contribution in [2.24, 2.45) is 11.7 Å². The van der Waals surface area contributed by atoms with Gasteiger partial charge in [-0.25, -0.2) is 9.97 Å². The van der Waals surface area contributed by atoms with E-state index < -0.39 is 0 Å². The number of hydrogen-bond donors (Lipinski definition) is 1. The summed E-state index contributed by atoms with van der Waals surface area (Å²) in [6.07, 6.45) is 7.14. The molecule has 6 nitrogen and oxygen atoms in total. The summed E-state index contributed by atoms with van der Waals surface area (Å²) in [6, 6.07) is 16.0. The quantitative estimate of drug-likeness (QED) is 0.466. The molecule has 1 amide bonds. The topological polar surface area (TPSA) is 85.0 Å². The zero-order chi connectivity index (χ0) is 22.4. The van der Waals surface area contributed by atoms with Crippen LogP contribution in [0, 0.1) is 5.92 Å². The van der Waals surface area contributed by atoms with Gasteiger partial charge in [-0.3, -0.25) is 9.78 Å². The number of carbonyl (C=O) groups excluding carboxylic acids is 1. The Labute approximate surface area is 196 Å². The molecule has 0 bridgehead atoms. The molecule has 1 saturated carbocycles. The van der Waals surface area contributed by atoms with Crippen LogP contribution >= 0.6 is 11.3 Å². The standard InChI is InChI=1S/C26H25N5OS/c27-23(32)21-14-17-10-4-5-12-20(17)31(21)25-22-18(16-8-2-1-3-9-16)15-33-26(22)30-24(29-25)19-11-6-7-13-28-19/h1-3,6-9,11,13,15,17,20-21H,4-5,10,12,14H2,(H2,27,32)/t17-,20-,21+/m1/s1. The average molecular weight is 456 g/mol. The summed E-state index contributed by atoms with van der Waals surface area (Å²) in [5.41, 5.74) is 8.91. The van der Waals surface area contributed by atoms with Crippen LogP contribution in [0.5, 0.6) is 0 Å². The maximum atomic E-state index is 12.6. The highest BCUT2D eigenvalue weighted by Gasteiger charge is 2.46. The molecule has 1 saturated heterocycles. The predicted octanol–water partition coefficient (Wildman–Crippen LogP) is 5.04. The van der Waals surface area contributed by atoms with E-state index in [9.17, 15) is 4.79 Å². The van der Waals surface area contributed by atoms with Crippen molar-refractivity contribution in [3.8, 4) is 22.6 Å². The molecule has 33 heavy (non-hydrogen) atoms. The largest absolute Gasteiger partial charge is 0.368 e. The molecule has 1 aliphatic carbocycles. The molecule has 1 aliphatic heterocycles. The Morgan fingerprint density at radius 2 is 1.85 bits per heavy atom. The van der Waals surface area contributed by atoms with Crippen LogP contribution in [0.1, 0.15) is 32.1 Å². The van der Waals surface area contributed by atoms with Crippen LogP contribution in [0.2, 0.25) is 0 Å². The van der Waals surface area contributed by atoms with E-state index in [-0.39, 0.29) is 18.0 Å². The van der Waals surface area contributed by atoms with Crippen molar-refractivity contribution >= 4 is 33.3 Å². The minimum Gasteiger partial charge on any atom is -0.368 e. The lowest BCUT2D eigenvalue weighted by Crippen LogP contribution is -2.45. The van der Waals surface area contributed by atoms with Crippen LogP contribution < -0.4 is 10.6 Å². The number of anilines is 1. The second-order valence-electron chi connectivity index (χ2n) is 8.95. The first-order valence-corrected chi connectivity index (χ1v) is 12.4. The maximum absolute atomic E-state index is 12.6. The summed E-state index contributed by atoms with van der Waals surface area (Å²) in [5.74, 6) is 1.60. The van der Waals surface area contributed by atoms with Crippen LogP contribution in [0.15, 0.2) is 60.1 Å². The third-order valence-electron chi connectivity index (χ3n) is 7.05. The first-order chi connectivity index (χ1) is 16.2. The Morgan fingerprint density at radius 3 is 2.64 bits per heavy atom. The second-order valence-corrected chi connectivity index (χ2v) is 9.81. The average Bonchev–Trinajstić information content (AvgIpc) is 3.47. The fourth-order valence-corrected chi connectivity index (χ4v) is 6.51. The van der Waals surface area contributed by atoms with Gasteiger partial charge in [0.2, 0.25) is 5.91 Å². The van der Waals surface area contributed by atoms with E-state index in [2.05, 4.69) is 27.4 Å². The third-order valence-corrected chi connectivity index (χ3v) is 7.93. The molecule has 2 fully saturated rings. The Balaban J connectivity index is 1.61. The first kappa shape index (κ1) is 20.3. The number of hydrogen-bond acceptors (Lipinski definition) is 6. The number of aromatic nitrogens is 3. The molecule has 0 unspecified atom stereocenters. The zero-order valence-corrected chi connectivity index (χ0v) is 19.0. The zero-order valence-electron chi connectivity index (χ0n) is 18.2. The van der Waals surface area contributed by atoms with E-state index >= 15 is 0 Å². The first-order valence-electron chi connectivity index (χ1n) is 11.5. The lowest BCUT2D eigenvalue weighted by Gasteiger charge is -2.34. The van der Waals surface area contributed by atoms with Gasteiger partial charge in [-0.15, -0.1) is 11.3 Å². The maximum Gasteiger partial charge on any atom is 0.240 e. The molecule has 4 heterocycles. The molecule has 0 radical (unpaired) electrons. The predicted molar refractivity (Wildman–Crippen MR) is 132 cm³/mol. The van der Waals surface area contributed by atoms with E-state index in [4.69, 9.17) is 15.7 Å². The monoisotopic (exact) mass is 455 g/mol. The van der Waals surface area contributed by atoms with Gasteiger partial charge >= 0.3 is 0 Å². The van der Waals surface area contributed by atoms with Gasteiger partial charge in [-0.05, 0) is 42.9 Å². The van der Waals surface area contributed by atoms with Crippen LogP contribution in [0.3, 0.4) is 0 Å². The highest BCUT2D eigenvalue weighted by atomic mass is 32.1. The fourth-order valence-electron chi connectivity index (χ4n) is 5.57. The smallest absolute Gasteiger partial charge is 0.240 e. The van der Waals surface area contributed by atoms with Crippen LogP contribution in [-0.4, -0.2) is 32.9 Å². The minimum atomic E-state index is -0.351. The number of nitrogens with zero attached hydrogens (tertiary/aromatic N) is 4. The molecule has 6 rings (SSSR count). The SMILES string of the molecule is NC(=O)[C@@H]1C[C@H]2CCCC[C@H]2N1c1nc(-c2ccccn2)nc2scc(-c3ccccc3)c12. The minimum absolute atomic E-state index is 0.271. The van der Waals surface area contributed by atoms with Crippen molar-refractivity contribution in [3.05, 3.63) is 60.1 Å². The molecule has 0 spiro atoms. The lowest BCUT2D eigenvalue weighted by molar-refractivity contribution is -0.119. The van der Waals surface area contributed by atoms with Gasteiger partial charge < -0.3 is 10.6 Å². The Bertz CT molecular complexity index is 1310. The van der Waals surface area contributed by atoms with E-state index in [0.29, 0.717) is 11.7 Å². The summed E-state index contributed by atoms with van der Waals surface area (Å²) in [7, 11) is 0.